The number of piperidine rings is 1. The molecular formula is C15H30N2O. The Morgan fingerprint density at radius 3 is 2.44 bits per heavy atom. The van der Waals surface area contributed by atoms with Gasteiger partial charge in [0.25, 0.3) is 0 Å². The zero-order valence-corrected chi connectivity index (χ0v) is 12.0. The van der Waals surface area contributed by atoms with Crippen LogP contribution >= 0.6 is 0 Å². The zero-order valence-electron chi connectivity index (χ0n) is 12.0. The minimum Gasteiger partial charge on any atom is -0.389 e. The fraction of sp³-hybridized carbons (Fsp3) is 1.00. The van der Waals surface area contributed by atoms with Gasteiger partial charge < -0.3 is 15.3 Å². The number of β-amino-alcohol motifs (C(OH)–C–C–N with tert-alkyl or cyclic N) is 1. The van der Waals surface area contributed by atoms with Crippen LogP contribution in [0.1, 0.15) is 58.3 Å². The summed E-state index contributed by atoms with van der Waals surface area (Å²) in [5.74, 6) is 0. The molecule has 1 heterocycles. The van der Waals surface area contributed by atoms with Crippen LogP contribution < -0.4 is 5.32 Å². The van der Waals surface area contributed by atoms with E-state index in [9.17, 15) is 5.11 Å². The van der Waals surface area contributed by atoms with Gasteiger partial charge >= 0.3 is 0 Å². The smallest absolute Gasteiger partial charge is 0.0774 e. The number of rotatable bonds is 5. The van der Waals surface area contributed by atoms with Crippen LogP contribution in [0.3, 0.4) is 0 Å². The molecule has 1 saturated carbocycles. The van der Waals surface area contributed by atoms with Crippen LogP contribution in [-0.2, 0) is 0 Å². The van der Waals surface area contributed by atoms with Gasteiger partial charge in [0.2, 0.25) is 0 Å². The molecule has 2 fully saturated rings. The highest BCUT2D eigenvalue weighted by atomic mass is 16.3. The highest BCUT2D eigenvalue weighted by Crippen LogP contribution is 2.29. The predicted octanol–water partition coefficient (Wildman–Crippen LogP) is 2.15. The molecule has 2 N–H and O–H groups in total. The maximum Gasteiger partial charge on any atom is 0.0774 e. The van der Waals surface area contributed by atoms with Gasteiger partial charge in [0, 0.05) is 12.6 Å². The van der Waals surface area contributed by atoms with Crippen molar-refractivity contribution in [1.29, 1.82) is 0 Å². The summed E-state index contributed by atoms with van der Waals surface area (Å²) in [4.78, 5) is 2.48. The Morgan fingerprint density at radius 2 is 1.83 bits per heavy atom. The second kappa shape index (κ2) is 6.88. The van der Waals surface area contributed by atoms with Gasteiger partial charge in [0.15, 0.2) is 0 Å². The molecular weight excluding hydrogens is 224 g/mol. The molecule has 0 atom stereocenters. The molecule has 0 aromatic rings. The summed E-state index contributed by atoms with van der Waals surface area (Å²) in [5.41, 5.74) is -0.373. The summed E-state index contributed by atoms with van der Waals surface area (Å²) in [6.07, 6.45) is 9.48. The van der Waals surface area contributed by atoms with Crippen molar-refractivity contribution in [3.05, 3.63) is 0 Å². The van der Waals surface area contributed by atoms with Crippen molar-refractivity contribution in [2.45, 2.75) is 69.9 Å². The average Bonchev–Trinajstić information content (AvgIpc) is 2.38. The van der Waals surface area contributed by atoms with E-state index in [1.807, 2.05) is 0 Å². The van der Waals surface area contributed by atoms with Gasteiger partial charge in [-0.15, -0.1) is 0 Å². The van der Waals surface area contributed by atoms with Gasteiger partial charge in [0.05, 0.1) is 5.60 Å². The number of likely N-dealkylation sites (tertiary alicyclic amines) is 1. The van der Waals surface area contributed by atoms with E-state index in [2.05, 4.69) is 17.1 Å². The van der Waals surface area contributed by atoms with E-state index >= 15 is 0 Å². The number of hydrogen-bond acceptors (Lipinski definition) is 3. The quantitative estimate of drug-likeness (QED) is 0.789. The monoisotopic (exact) mass is 254 g/mol. The van der Waals surface area contributed by atoms with Gasteiger partial charge in [-0.2, -0.15) is 0 Å². The molecule has 1 aliphatic carbocycles. The van der Waals surface area contributed by atoms with Crippen LogP contribution in [0.2, 0.25) is 0 Å². The van der Waals surface area contributed by atoms with Crippen molar-refractivity contribution in [2.75, 3.05) is 26.2 Å². The normalized spacial score (nSPS) is 26.3. The van der Waals surface area contributed by atoms with Crippen LogP contribution in [0.5, 0.6) is 0 Å². The van der Waals surface area contributed by atoms with Gasteiger partial charge in [-0.1, -0.05) is 26.2 Å². The van der Waals surface area contributed by atoms with Gasteiger partial charge in [0.1, 0.15) is 0 Å². The molecule has 0 amide bonds. The topological polar surface area (TPSA) is 35.5 Å². The van der Waals surface area contributed by atoms with Crippen molar-refractivity contribution < 1.29 is 5.11 Å². The highest BCUT2D eigenvalue weighted by molar-refractivity contribution is 4.88. The standard InChI is InChI=1S/C15H30N2O/c1-2-10-16-14-6-11-17(12-7-14)13-15(18)8-4-3-5-9-15/h14,16,18H,2-13H2,1H3. The molecule has 0 radical (unpaired) electrons. The summed E-state index contributed by atoms with van der Waals surface area (Å²) >= 11 is 0. The second-order valence-electron chi connectivity index (χ2n) is 6.29. The second-order valence-corrected chi connectivity index (χ2v) is 6.29. The summed E-state index contributed by atoms with van der Waals surface area (Å²) < 4.78 is 0. The fourth-order valence-electron chi connectivity index (χ4n) is 3.43. The van der Waals surface area contributed by atoms with Crippen LogP contribution in [0.25, 0.3) is 0 Å². The van der Waals surface area contributed by atoms with E-state index in [0.717, 1.165) is 39.0 Å². The molecule has 2 aliphatic rings. The maximum atomic E-state index is 10.6. The third-order valence-corrected chi connectivity index (χ3v) is 4.57. The van der Waals surface area contributed by atoms with E-state index in [-0.39, 0.29) is 5.60 Å². The Hall–Kier alpha value is -0.120. The predicted molar refractivity (Wildman–Crippen MR) is 75.8 cm³/mol. The third kappa shape index (κ3) is 4.22. The minimum absolute atomic E-state index is 0.373. The molecule has 0 bridgehead atoms. The van der Waals surface area contributed by atoms with Crippen molar-refractivity contribution in [2.24, 2.45) is 0 Å². The Bertz CT molecular complexity index is 231. The first-order chi connectivity index (χ1) is 8.72. The lowest BCUT2D eigenvalue weighted by Gasteiger charge is -2.40. The summed E-state index contributed by atoms with van der Waals surface area (Å²) in [6, 6.07) is 0.710. The fourth-order valence-corrected chi connectivity index (χ4v) is 3.43. The van der Waals surface area contributed by atoms with Crippen molar-refractivity contribution in [3.8, 4) is 0 Å². The molecule has 0 spiro atoms. The molecule has 3 nitrogen and oxygen atoms in total. The molecule has 0 aromatic heterocycles. The van der Waals surface area contributed by atoms with Crippen LogP contribution in [0, 0.1) is 0 Å². The van der Waals surface area contributed by atoms with E-state index in [4.69, 9.17) is 0 Å². The van der Waals surface area contributed by atoms with Crippen molar-refractivity contribution in [1.82, 2.24) is 10.2 Å². The van der Waals surface area contributed by atoms with E-state index in [1.54, 1.807) is 0 Å². The Kier molecular flexibility index (Phi) is 5.46. The third-order valence-electron chi connectivity index (χ3n) is 4.57. The van der Waals surface area contributed by atoms with Crippen LogP contribution in [0.4, 0.5) is 0 Å². The number of nitrogens with one attached hydrogen (secondary N) is 1. The van der Waals surface area contributed by atoms with Crippen LogP contribution in [0.15, 0.2) is 0 Å². The van der Waals surface area contributed by atoms with E-state index < -0.39 is 0 Å². The Labute approximate surface area is 112 Å². The lowest BCUT2D eigenvalue weighted by atomic mass is 9.84. The van der Waals surface area contributed by atoms with Gasteiger partial charge in [-0.25, -0.2) is 0 Å². The van der Waals surface area contributed by atoms with Crippen molar-refractivity contribution in [3.63, 3.8) is 0 Å². The number of hydrogen-bond donors (Lipinski definition) is 2. The zero-order chi connectivity index (χ0) is 12.8. The first-order valence-electron chi connectivity index (χ1n) is 7.90. The lowest BCUT2D eigenvalue weighted by molar-refractivity contribution is -0.0312. The summed E-state index contributed by atoms with van der Waals surface area (Å²) in [7, 11) is 0. The highest BCUT2D eigenvalue weighted by Gasteiger charge is 2.32. The first-order valence-corrected chi connectivity index (χ1v) is 7.90. The minimum atomic E-state index is -0.373. The number of aliphatic hydroxyl groups is 1. The summed E-state index contributed by atoms with van der Waals surface area (Å²) in [6.45, 7) is 6.59. The Morgan fingerprint density at radius 1 is 1.17 bits per heavy atom. The molecule has 1 aliphatic heterocycles. The molecule has 106 valence electrons. The Balaban J connectivity index is 1.69. The molecule has 18 heavy (non-hydrogen) atoms. The molecule has 1 saturated heterocycles. The van der Waals surface area contributed by atoms with E-state index in [1.165, 1.54) is 38.5 Å². The molecule has 2 rings (SSSR count). The van der Waals surface area contributed by atoms with Gasteiger partial charge in [-0.05, 0) is 51.7 Å². The average molecular weight is 254 g/mol. The molecule has 0 aromatic carbocycles. The molecule has 0 unspecified atom stereocenters. The summed E-state index contributed by atoms with van der Waals surface area (Å²) in [5, 5.41) is 14.2. The van der Waals surface area contributed by atoms with Gasteiger partial charge in [-0.3, -0.25) is 0 Å². The SMILES string of the molecule is CCCNC1CCN(CC2(O)CCCCC2)CC1. The lowest BCUT2D eigenvalue weighted by Crippen LogP contribution is -2.49. The first kappa shape index (κ1) is 14.3. The van der Waals surface area contributed by atoms with Crippen LogP contribution in [-0.4, -0.2) is 47.8 Å². The van der Waals surface area contributed by atoms with E-state index in [0.29, 0.717) is 6.04 Å². The molecule has 3 heteroatoms. The maximum absolute atomic E-state index is 10.6. The largest absolute Gasteiger partial charge is 0.389 e. The number of nitrogens with zero attached hydrogens (tertiary/aromatic N) is 1. The van der Waals surface area contributed by atoms with Crippen molar-refractivity contribution >= 4 is 0 Å².